The molecule has 1 saturated carbocycles. The lowest BCUT2D eigenvalue weighted by molar-refractivity contribution is 0.280. The molecule has 1 heterocycles. The van der Waals surface area contributed by atoms with Gasteiger partial charge in [0.2, 0.25) is 5.89 Å². The molecule has 2 aromatic rings. The summed E-state index contributed by atoms with van der Waals surface area (Å²) in [6.07, 6.45) is 4.54. The lowest BCUT2D eigenvalue weighted by Crippen LogP contribution is -2.41. The SMILES string of the molecule is COc1ccccc1C1CC(NCCc2ncno2)C1. The summed E-state index contributed by atoms with van der Waals surface area (Å²) in [7, 11) is 1.73. The summed E-state index contributed by atoms with van der Waals surface area (Å²) in [6.45, 7) is 0.880. The van der Waals surface area contributed by atoms with Crippen LogP contribution in [0, 0.1) is 0 Å². The van der Waals surface area contributed by atoms with Crippen LogP contribution in [0.1, 0.15) is 30.2 Å². The minimum absolute atomic E-state index is 0.577. The first-order valence-electron chi connectivity index (χ1n) is 6.98. The summed E-state index contributed by atoms with van der Waals surface area (Å²) in [4.78, 5) is 4.01. The zero-order valence-corrected chi connectivity index (χ0v) is 11.6. The number of aromatic nitrogens is 2. The van der Waals surface area contributed by atoms with E-state index in [-0.39, 0.29) is 0 Å². The zero-order valence-electron chi connectivity index (χ0n) is 11.6. The van der Waals surface area contributed by atoms with Crippen molar-refractivity contribution in [3.05, 3.63) is 42.0 Å². The largest absolute Gasteiger partial charge is 0.496 e. The van der Waals surface area contributed by atoms with Gasteiger partial charge in [-0.05, 0) is 30.4 Å². The molecule has 0 radical (unpaired) electrons. The van der Waals surface area contributed by atoms with Gasteiger partial charge in [-0.2, -0.15) is 4.98 Å². The van der Waals surface area contributed by atoms with E-state index in [0.717, 1.165) is 31.6 Å². The molecule has 1 aromatic carbocycles. The summed E-state index contributed by atoms with van der Waals surface area (Å²) in [5, 5.41) is 7.12. The molecule has 0 amide bonds. The van der Waals surface area contributed by atoms with Crippen LogP contribution in [0.2, 0.25) is 0 Å². The van der Waals surface area contributed by atoms with Crippen molar-refractivity contribution < 1.29 is 9.26 Å². The van der Waals surface area contributed by atoms with Crippen LogP contribution in [0.3, 0.4) is 0 Å². The first-order chi connectivity index (χ1) is 9.86. The van der Waals surface area contributed by atoms with E-state index in [4.69, 9.17) is 9.26 Å². The van der Waals surface area contributed by atoms with Gasteiger partial charge in [0.25, 0.3) is 0 Å². The Bertz CT molecular complexity index is 536. The molecule has 1 aromatic heterocycles. The topological polar surface area (TPSA) is 60.2 Å². The molecule has 1 aliphatic rings. The van der Waals surface area contributed by atoms with Crippen LogP contribution in [0.25, 0.3) is 0 Å². The maximum absolute atomic E-state index is 5.42. The molecule has 0 spiro atoms. The fourth-order valence-electron chi connectivity index (χ4n) is 2.73. The van der Waals surface area contributed by atoms with Crippen molar-refractivity contribution >= 4 is 0 Å². The van der Waals surface area contributed by atoms with Crippen LogP contribution in [0.4, 0.5) is 0 Å². The van der Waals surface area contributed by atoms with Crippen LogP contribution >= 0.6 is 0 Å². The number of methoxy groups -OCH3 is 1. The molecule has 106 valence electrons. The first kappa shape index (κ1) is 13.1. The third kappa shape index (κ3) is 2.82. The fourth-order valence-corrected chi connectivity index (χ4v) is 2.73. The third-order valence-corrected chi connectivity index (χ3v) is 3.90. The summed E-state index contributed by atoms with van der Waals surface area (Å²) in [5.74, 6) is 2.30. The van der Waals surface area contributed by atoms with Crippen molar-refractivity contribution in [3.8, 4) is 5.75 Å². The Balaban J connectivity index is 1.44. The summed E-state index contributed by atoms with van der Waals surface area (Å²) in [5.41, 5.74) is 1.32. The quantitative estimate of drug-likeness (QED) is 0.874. The Hall–Kier alpha value is -1.88. The predicted octanol–water partition coefficient (Wildman–Crippen LogP) is 2.16. The zero-order chi connectivity index (χ0) is 13.8. The van der Waals surface area contributed by atoms with Crippen molar-refractivity contribution in [2.24, 2.45) is 0 Å². The van der Waals surface area contributed by atoms with E-state index < -0.39 is 0 Å². The Morgan fingerprint density at radius 3 is 2.95 bits per heavy atom. The fraction of sp³-hybridized carbons (Fsp3) is 0.467. The van der Waals surface area contributed by atoms with Gasteiger partial charge in [-0.1, -0.05) is 23.4 Å². The van der Waals surface area contributed by atoms with Crippen LogP contribution < -0.4 is 10.1 Å². The standard InChI is InChI=1S/C15H19N3O2/c1-19-14-5-3-2-4-13(14)11-8-12(9-11)16-7-6-15-17-10-18-20-15/h2-5,10-12,16H,6-9H2,1H3. The van der Waals surface area contributed by atoms with Gasteiger partial charge >= 0.3 is 0 Å². The predicted molar refractivity (Wildman–Crippen MR) is 74.8 cm³/mol. The maximum Gasteiger partial charge on any atom is 0.227 e. The summed E-state index contributed by atoms with van der Waals surface area (Å²) in [6, 6.07) is 8.87. The average Bonchev–Trinajstić information content (AvgIpc) is 2.94. The number of ether oxygens (including phenoxy) is 1. The Labute approximate surface area is 118 Å². The minimum Gasteiger partial charge on any atom is -0.496 e. The number of para-hydroxylation sites is 1. The van der Waals surface area contributed by atoms with Crippen molar-refractivity contribution in [1.29, 1.82) is 0 Å². The number of rotatable bonds is 6. The minimum atomic E-state index is 0.577. The number of benzene rings is 1. The molecule has 3 rings (SSSR count). The lowest BCUT2D eigenvalue weighted by atomic mass is 9.75. The van der Waals surface area contributed by atoms with E-state index in [1.165, 1.54) is 11.9 Å². The van der Waals surface area contributed by atoms with Gasteiger partial charge in [-0.15, -0.1) is 0 Å². The van der Waals surface area contributed by atoms with Gasteiger partial charge in [0.1, 0.15) is 5.75 Å². The highest BCUT2D eigenvalue weighted by Crippen LogP contribution is 2.40. The second-order valence-corrected chi connectivity index (χ2v) is 5.15. The Morgan fingerprint density at radius 1 is 1.35 bits per heavy atom. The van der Waals surface area contributed by atoms with Gasteiger partial charge in [0.15, 0.2) is 6.33 Å². The van der Waals surface area contributed by atoms with Crippen molar-refractivity contribution in [2.45, 2.75) is 31.2 Å². The van der Waals surface area contributed by atoms with Crippen LogP contribution in [0.5, 0.6) is 5.75 Å². The van der Waals surface area contributed by atoms with Crippen molar-refractivity contribution in [1.82, 2.24) is 15.5 Å². The average molecular weight is 273 g/mol. The molecule has 0 aliphatic heterocycles. The van der Waals surface area contributed by atoms with Gasteiger partial charge in [0.05, 0.1) is 7.11 Å². The molecule has 1 fully saturated rings. The van der Waals surface area contributed by atoms with Gasteiger partial charge in [-0.3, -0.25) is 0 Å². The van der Waals surface area contributed by atoms with Crippen LogP contribution in [-0.4, -0.2) is 29.8 Å². The highest BCUT2D eigenvalue weighted by molar-refractivity contribution is 5.37. The molecular formula is C15H19N3O2. The molecule has 0 saturated heterocycles. The molecule has 0 atom stereocenters. The van der Waals surface area contributed by atoms with Crippen molar-refractivity contribution in [2.75, 3.05) is 13.7 Å². The van der Waals surface area contributed by atoms with Crippen LogP contribution in [0.15, 0.2) is 35.1 Å². The molecule has 5 nitrogen and oxygen atoms in total. The van der Waals surface area contributed by atoms with Crippen LogP contribution in [-0.2, 0) is 6.42 Å². The second-order valence-electron chi connectivity index (χ2n) is 5.15. The Kier molecular flexibility index (Phi) is 3.97. The molecule has 0 unspecified atom stereocenters. The Morgan fingerprint density at radius 2 is 2.20 bits per heavy atom. The molecule has 20 heavy (non-hydrogen) atoms. The van der Waals surface area contributed by atoms with Crippen molar-refractivity contribution in [3.63, 3.8) is 0 Å². The highest BCUT2D eigenvalue weighted by Gasteiger charge is 2.31. The maximum atomic E-state index is 5.42. The van der Waals surface area contributed by atoms with E-state index in [0.29, 0.717) is 17.9 Å². The smallest absolute Gasteiger partial charge is 0.227 e. The highest BCUT2D eigenvalue weighted by atomic mass is 16.5. The van der Waals surface area contributed by atoms with E-state index in [2.05, 4.69) is 27.6 Å². The molecule has 1 N–H and O–H groups in total. The van der Waals surface area contributed by atoms with E-state index in [1.807, 2.05) is 12.1 Å². The molecule has 0 bridgehead atoms. The summed E-state index contributed by atoms with van der Waals surface area (Å²) >= 11 is 0. The van der Waals surface area contributed by atoms with Gasteiger partial charge < -0.3 is 14.6 Å². The molecule has 1 aliphatic carbocycles. The van der Waals surface area contributed by atoms with E-state index in [9.17, 15) is 0 Å². The molecule has 5 heteroatoms. The summed E-state index contributed by atoms with van der Waals surface area (Å²) < 4.78 is 10.4. The number of nitrogens with zero attached hydrogens (tertiary/aromatic N) is 2. The molecular weight excluding hydrogens is 254 g/mol. The number of nitrogens with one attached hydrogen (secondary N) is 1. The third-order valence-electron chi connectivity index (χ3n) is 3.90. The first-order valence-corrected chi connectivity index (χ1v) is 6.98. The lowest BCUT2D eigenvalue weighted by Gasteiger charge is -2.37. The number of hydrogen-bond donors (Lipinski definition) is 1. The van der Waals surface area contributed by atoms with E-state index >= 15 is 0 Å². The van der Waals surface area contributed by atoms with Gasteiger partial charge in [-0.25, -0.2) is 0 Å². The number of hydrogen-bond acceptors (Lipinski definition) is 5. The normalized spacial score (nSPS) is 21.4. The monoisotopic (exact) mass is 273 g/mol. The van der Waals surface area contributed by atoms with Gasteiger partial charge in [0, 0.05) is 19.0 Å². The van der Waals surface area contributed by atoms with E-state index in [1.54, 1.807) is 7.11 Å². The second kappa shape index (κ2) is 6.05.